The number of fused-ring (bicyclic) bond motifs is 5. The fourth-order valence-corrected chi connectivity index (χ4v) is 7.85. The van der Waals surface area contributed by atoms with Crippen LogP contribution in [0, 0.1) is 29.1 Å². The number of carbonyl (C=O) groups is 1. The lowest BCUT2D eigenvalue weighted by molar-refractivity contribution is -0.145. The molecule has 5 rings (SSSR count). The highest BCUT2D eigenvalue weighted by molar-refractivity contribution is 5.69. The van der Waals surface area contributed by atoms with Gasteiger partial charge < -0.3 is 14.2 Å². The molecular weight excluding hydrogens is 400 g/mol. The summed E-state index contributed by atoms with van der Waals surface area (Å²) in [5.41, 5.74) is 3.32. The highest BCUT2D eigenvalue weighted by Crippen LogP contribution is 2.64. The molecule has 0 bridgehead atoms. The van der Waals surface area contributed by atoms with Crippen molar-refractivity contribution in [3.05, 3.63) is 29.3 Å². The van der Waals surface area contributed by atoms with Crippen LogP contribution in [0.2, 0.25) is 0 Å². The molecule has 1 aromatic rings. The zero-order valence-electron chi connectivity index (χ0n) is 20.1. The first-order valence-electron chi connectivity index (χ1n) is 13.1. The predicted molar refractivity (Wildman–Crippen MR) is 125 cm³/mol. The fraction of sp³-hybridized carbons (Fsp3) is 0.750. The maximum Gasteiger partial charge on any atom is 0.306 e. The van der Waals surface area contributed by atoms with E-state index in [0.29, 0.717) is 30.8 Å². The second-order valence-corrected chi connectivity index (χ2v) is 11.1. The van der Waals surface area contributed by atoms with E-state index in [-0.39, 0.29) is 17.7 Å². The highest BCUT2D eigenvalue weighted by atomic mass is 16.7. The molecule has 2 saturated carbocycles. The highest BCUT2D eigenvalue weighted by Gasteiger charge is 2.56. The van der Waals surface area contributed by atoms with Crippen molar-refractivity contribution in [3.63, 3.8) is 0 Å². The third-order valence-electron chi connectivity index (χ3n) is 9.37. The molecule has 32 heavy (non-hydrogen) atoms. The first-order valence-corrected chi connectivity index (χ1v) is 13.1. The summed E-state index contributed by atoms with van der Waals surface area (Å²) >= 11 is 0. The van der Waals surface area contributed by atoms with E-state index in [1.165, 1.54) is 37.7 Å². The van der Waals surface area contributed by atoms with Gasteiger partial charge in [0, 0.05) is 12.8 Å². The topological polar surface area (TPSA) is 44.8 Å². The minimum atomic E-state index is -0.0826. The van der Waals surface area contributed by atoms with Crippen molar-refractivity contribution in [1.82, 2.24) is 0 Å². The van der Waals surface area contributed by atoms with E-state index >= 15 is 0 Å². The van der Waals surface area contributed by atoms with Crippen molar-refractivity contribution >= 4 is 5.97 Å². The van der Waals surface area contributed by atoms with Gasteiger partial charge in [-0.05, 0) is 110 Å². The van der Waals surface area contributed by atoms with Gasteiger partial charge in [0.25, 0.3) is 0 Å². The summed E-state index contributed by atoms with van der Waals surface area (Å²) in [5, 5.41) is 0. The van der Waals surface area contributed by atoms with Gasteiger partial charge in [0.05, 0.1) is 13.2 Å². The zero-order chi connectivity index (χ0) is 22.3. The van der Waals surface area contributed by atoms with Gasteiger partial charge >= 0.3 is 5.97 Å². The van der Waals surface area contributed by atoms with Crippen molar-refractivity contribution in [3.8, 4) is 5.75 Å². The number of hydrogen-bond acceptors (Lipinski definition) is 4. The van der Waals surface area contributed by atoms with Crippen LogP contribution in [0.15, 0.2) is 18.2 Å². The van der Waals surface area contributed by atoms with Gasteiger partial charge in [-0.3, -0.25) is 4.79 Å². The predicted octanol–water partition coefficient (Wildman–Crippen LogP) is 6.26. The van der Waals surface area contributed by atoms with Gasteiger partial charge in [0.2, 0.25) is 0 Å². The molecule has 4 aliphatic rings. The minimum absolute atomic E-state index is 0.00184. The van der Waals surface area contributed by atoms with Crippen LogP contribution in [0.1, 0.15) is 89.2 Å². The van der Waals surface area contributed by atoms with Gasteiger partial charge in [-0.1, -0.05) is 19.9 Å². The molecule has 5 unspecified atom stereocenters. The summed E-state index contributed by atoms with van der Waals surface area (Å²) in [6.07, 6.45) is 9.88. The smallest absolute Gasteiger partial charge is 0.306 e. The van der Waals surface area contributed by atoms with Crippen LogP contribution in [0.5, 0.6) is 5.75 Å². The van der Waals surface area contributed by atoms with Crippen LogP contribution < -0.4 is 4.74 Å². The summed E-state index contributed by atoms with van der Waals surface area (Å²) in [5.74, 6) is 4.20. The molecule has 4 nitrogen and oxygen atoms in total. The average Bonchev–Trinajstić information content (AvgIpc) is 3.10. The summed E-state index contributed by atoms with van der Waals surface area (Å²) in [7, 11) is 0. The van der Waals surface area contributed by atoms with Crippen LogP contribution in [0.3, 0.4) is 0 Å². The van der Waals surface area contributed by atoms with Crippen LogP contribution in [-0.2, 0) is 20.7 Å². The number of hydrogen-bond donors (Lipinski definition) is 0. The van der Waals surface area contributed by atoms with Crippen molar-refractivity contribution in [2.45, 2.75) is 90.8 Å². The Morgan fingerprint density at radius 2 is 2.06 bits per heavy atom. The summed E-state index contributed by atoms with van der Waals surface area (Å²) < 4.78 is 17.3. The maximum atomic E-state index is 12.3. The SMILES string of the molecule is CCOC(=O)C[C@H]1CCC2C3C(CCC21C)c1ccc(OC2CCCCO2)cc1C[C@H]3C. The maximum absolute atomic E-state index is 12.3. The number of benzene rings is 1. The van der Waals surface area contributed by atoms with E-state index in [0.717, 1.165) is 43.5 Å². The second kappa shape index (κ2) is 9.00. The van der Waals surface area contributed by atoms with E-state index in [2.05, 4.69) is 32.0 Å². The van der Waals surface area contributed by atoms with E-state index < -0.39 is 0 Å². The molecule has 176 valence electrons. The molecule has 1 aromatic carbocycles. The van der Waals surface area contributed by atoms with Crippen molar-refractivity contribution in [2.75, 3.05) is 13.2 Å². The monoisotopic (exact) mass is 440 g/mol. The van der Waals surface area contributed by atoms with E-state index in [9.17, 15) is 4.79 Å². The fourth-order valence-electron chi connectivity index (χ4n) is 7.85. The van der Waals surface area contributed by atoms with Crippen LogP contribution in [0.25, 0.3) is 0 Å². The quantitative estimate of drug-likeness (QED) is 0.507. The normalized spacial score (nSPS) is 38.3. The number of rotatable bonds is 5. The Bertz CT molecular complexity index is 829. The van der Waals surface area contributed by atoms with Gasteiger partial charge in [-0.15, -0.1) is 0 Å². The largest absolute Gasteiger partial charge is 0.466 e. The van der Waals surface area contributed by atoms with E-state index in [4.69, 9.17) is 14.2 Å². The lowest BCUT2D eigenvalue weighted by atomic mass is 9.51. The third-order valence-corrected chi connectivity index (χ3v) is 9.37. The van der Waals surface area contributed by atoms with Gasteiger partial charge in [0.1, 0.15) is 5.75 Å². The van der Waals surface area contributed by atoms with Crippen LogP contribution in [0.4, 0.5) is 0 Å². The molecule has 0 aromatic heterocycles. The molecule has 3 aliphatic carbocycles. The Morgan fingerprint density at radius 3 is 2.84 bits per heavy atom. The molecule has 0 N–H and O–H groups in total. The lowest BCUT2D eigenvalue weighted by Gasteiger charge is -2.53. The Hall–Kier alpha value is -1.55. The van der Waals surface area contributed by atoms with E-state index in [1.54, 1.807) is 5.56 Å². The first-order chi connectivity index (χ1) is 15.5. The van der Waals surface area contributed by atoms with Gasteiger partial charge in [-0.2, -0.15) is 0 Å². The Morgan fingerprint density at radius 1 is 1.19 bits per heavy atom. The Labute approximate surface area is 193 Å². The van der Waals surface area contributed by atoms with Crippen molar-refractivity contribution in [1.29, 1.82) is 0 Å². The molecule has 1 saturated heterocycles. The minimum Gasteiger partial charge on any atom is -0.466 e. The average molecular weight is 441 g/mol. The summed E-state index contributed by atoms with van der Waals surface area (Å²) in [6.45, 7) is 8.15. The standard InChI is InChI=1S/C28H40O4/c1-4-30-25(29)17-20-8-11-24-27-18(2)15-19-16-21(32-26-7-5-6-14-31-26)9-10-22(19)23(27)12-13-28(20,24)3/h9-10,16,18,20,23-24,26-27H,4-8,11-15,17H2,1-3H3/t18-,20-,23?,24?,26?,27?,28?/m1/s1. The van der Waals surface area contributed by atoms with Crippen molar-refractivity contribution in [2.24, 2.45) is 29.1 Å². The molecule has 1 aliphatic heterocycles. The van der Waals surface area contributed by atoms with E-state index in [1.807, 2.05) is 6.92 Å². The molecule has 3 fully saturated rings. The van der Waals surface area contributed by atoms with Gasteiger partial charge in [0.15, 0.2) is 6.29 Å². The summed E-state index contributed by atoms with van der Waals surface area (Å²) in [6, 6.07) is 6.83. The molecule has 0 amide bonds. The summed E-state index contributed by atoms with van der Waals surface area (Å²) in [4.78, 5) is 12.3. The van der Waals surface area contributed by atoms with Crippen LogP contribution >= 0.6 is 0 Å². The van der Waals surface area contributed by atoms with Gasteiger partial charge in [-0.25, -0.2) is 0 Å². The number of carbonyl (C=O) groups excluding carboxylic acids is 1. The second-order valence-electron chi connectivity index (χ2n) is 11.1. The first kappa shape index (κ1) is 22.3. The molecule has 7 atom stereocenters. The molecular formula is C28H40O4. The third kappa shape index (κ3) is 3.97. The Balaban J connectivity index is 1.33. The number of ether oxygens (including phenoxy) is 3. The zero-order valence-corrected chi connectivity index (χ0v) is 20.1. The Kier molecular flexibility index (Phi) is 6.26. The lowest BCUT2D eigenvalue weighted by Crippen LogP contribution is -2.45. The number of esters is 1. The molecule has 0 radical (unpaired) electrons. The molecule has 0 spiro atoms. The van der Waals surface area contributed by atoms with Crippen molar-refractivity contribution < 1.29 is 19.0 Å². The molecule has 4 heteroatoms. The van der Waals surface area contributed by atoms with Crippen LogP contribution in [-0.4, -0.2) is 25.5 Å². The molecule has 1 heterocycles.